The molecule has 0 fully saturated rings. The molecule has 0 aliphatic carbocycles. The van der Waals surface area contributed by atoms with E-state index in [9.17, 15) is 4.39 Å². The van der Waals surface area contributed by atoms with Gasteiger partial charge in [0.15, 0.2) is 11.6 Å². The van der Waals surface area contributed by atoms with Crippen LogP contribution in [0.1, 0.15) is 29.7 Å². The second-order valence-electron chi connectivity index (χ2n) is 4.92. The van der Waals surface area contributed by atoms with Crippen LogP contribution in [0.2, 0.25) is 5.02 Å². The van der Waals surface area contributed by atoms with Gasteiger partial charge in [0.1, 0.15) is 5.75 Å². The van der Waals surface area contributed by atoms with Crippen molar-refractivity contribution in [3.05, 3.63) is 57.9 Å². The van der Waals surface area contributed by atoms with Crippen molar-refractivity contribution in [2.45, 2.75) is 26.8 Å². The maximum Gasteiger partial charge on any atom is 0.167 e. The van der Waals surface area contributed by atoms with Crippen LogP contribution in [0.25, 0.3) is 0 Å². The summed E-state index contributed by atoms with van der Waals surface area (Å²) in [7, 11) is 0. The third-order valence-electron chi connectivity index (χ3n) is 3.12. The van der Waals surface area contributed by atoms with Crippen LogP contribution in [-0.2, 0) is 0 Å². The van der Waals surface area contributed by atoms with Gasteiger partial charge in [-0.15, -0.1) is 0 Å². The van der Waals surface area contributed by atoms with Crippen molar-refractivity contribution in [1.29, 1.82) is 0 Å². The standard InChI is InChI=1S/C16H17ClFNO/c1-9-7-12(17)8-10(2)15(9)20-16-13(11(3)19)5-4-6-14(16)18/h4-8,11H,19H2,1-3H3/t11-/m1/s1. The Morgan fingerprint density at radius 2 is 1.75 bits per heavy atom. The van der Waals surface area contributed by atoms with Crippen molar-refractivity contribution < 1.29 is 9.13 Å². The van der Waals surface area contributed by atoms with E-state index in [2.05, 4.69) is 0 Å². The zero-order valence-electron chi connectivity index (χ0n) is 11.7. The van der Waals surface area contributed by atoms with Crippen LogP contribution < -0.4 is 10.5 Å². The van der Waals surface area contributed by atoms with Crippen molar-refractivity contribution in [1.82, 2.24) is 0 Å². The van der Waals surface area contributed by atoms with E-state index >= 15 is 0 Å². The second kappa shape index (κ2) is 5.81. The molecule has 0 saturated carbocycles. The van der Waals surface area contributed by atoms with E-state index in [1.54, 1.807) is 31.2 Å². The molecule has 0 aliphatic heterocycles. The van der Waals surface area contributed by atoms with Crippen LogP contribution >= 0.6 is 11.6 Å². The first kappa shape index (κ1) is 14.8. The molecule has 2 aromatic carbocycles. The predicted octanol–water partition coefficient (Wildman–Crippen LogP) is 4.91. The average Bonchev–Trinajstić information content (AvgIpc) is 2.34. The van der Waals surface area contributed by atoms with Crippen LogP contribution in [0, 0.1) is 19.7 Å². The fraction of sp³-hybridized carbons (Fsp3) is 0.250. The fourth-order valence-electron chi connectivity index (χ4n) is 2.15. The lowest BCUT2D eigenvalue weighted by atomic mass is 10.1. The Morgan fingerprint density at radius 1 is 1.15 bits per heavy atom. The van der Waals surface area contributed by atoms with Crippen molar-refractivity contribution >= 4 is 11.6 Å². The smallest absolute Gasteiger partial charge is 0.167 e. The zero-order valence-corrected chi connectivity index (χ0v) is 12.5. The molecule has 0 aromatic heterocycles. The molecule has 0 heterocycles. The highest BCUT2D eigenvalue weighted by molar-refractivity contribution is 6.30. The normalized spacial score (nSPS) is 12.3. The van der Waals surface area contributed by atoms with Crippen LogP contribution in [0.5, 0.6) is 11.5 Å². The molecule has 0 bridgehead atoms. The summed E-state index contributed by atoms with van der Waals surface area (Å²) < 4.78 is 19.8. The Balaban J connectivity index is 2.51. The van der Waals surface area contributed by atoms with Gasteiger partial charge in [0.25, 0.3) is 0 Å². The predicted molar refractivity (Wildman–Crippen MR) is 80.0 cm³/mol. The Labute approximate surface area is 123 Å². The van der Waals surface area contributed by atoms with Crippen molar-refractivity contribution in [2.75, 3.05) is 0 Å². The van der Waals surface area contributed by atoms with E-state index in [0.29, 0.717) is 16.3 Å². The van der Waals surface area contributed by atoms with Crippen molar-refractivity contribution in [3.8, 4) is 11.5 Å². The quantitative estimate of drug-likeness (QED) is 0.873. The van der Waals surface area contributed by atoms with Crippen LogP contribution in [0.4, 0.5) is 4.39 Å². The van der Waals surface area contributed by atoms with E-state index in [1.807, 2.05) is 13.8 Å². The average molecular weight is 294 g/mol. The lowest BCUT2D eigenvalue weighted by molar-refractivity contribution is 0.427. The number of ether oxygens (including phenoxy) is 1. The first-order chi connectivity index (χ1) is 9.40. The minimum Gasteiger partial charge on any atom is -0.453 e. The van der Waals surface area contributed by atoms with Gasteiger partial charge < -0.3 is 10.5 Å². The lowest BCUT2D eigenvalue weighted by Gasteiger charge is -2.17. The number of hydrogen-bond acceptors (Lipinski definition) is 2. The SMILES string of the molecule is Cc1cc(Cl)cc(C)c1Oc1c(F)cccc1[C@@H](C)N. The van der Waals surface area contributed by atoms with Crippen molar-refractivity contribution in [2.24, 2.45) is 5.73 Å². The molecule has 20 heavy (non-hydrogen) atoms. The van der Waals surface area contributed by atoms with Gasteiger partial charge in [-0.05, 0) is 50.1 Å². The van der Waals surface area contributed by atoms with Crippen LogP contribution in [0.15, 0.2) is 30.3 Å². The number of halogens is 2. The van der Waals surface area contributed by atoms with Gasteiger partial charge in [-0.2, -0.15) is 0 Å². The maximum atomic E-state index is 14.0. The monoisotopic (exact) mass is 293 g/mol. The molecular formula is C16H17ClFNO. The Bertz CT molecular complexity index is 617. The van der Waals surface area contributed by atoms with Gasteiger partial charge >= 0.3 is 0 Å². The Morgan fingerprint density at radius 3 is 2.30 bits per heavy atom. The summed E-state index contributed by atoms with van der Waals surface area (Å²) in [6.45, 7) is 5.55. The summed E-state index contributed by atoms with van der Waals surface area (Å²) in [6, 6.07) is 8.02. The molecule has 2 aromatic rings. The molecule has 2 nitrogen and oxygen atoms in total. The minimum absolute atomic E-state index is 0.177. The van der Waals surface area contributed by atoms with Gasteiger partial charge in [0.2, 0.25) is 0 Å². The lowest BCUT2D eigenvalue weighted by Crippen LogP contribution is -2.08. The Kier molecular flexibility index (Phi) is 4.31. The zero-order chi connectivity index (χ0) is 14.9. The van der Waals surface area contributed by atoms with Gasteiger partial charge in [-0.3, -0.25) is 0 Å². The summed E-state index contributed by atoms with van der Waals surface area (Å²) in [4.78, 5) is 0. The third kappa shape index (κ3) is 2.94. The first-order valence-electron chi connectivity index (χ1n) is 6.38. The Hall–Kier alpha value is -1.58. The highest BCUT2D eigenvalue weighted by atomic mass is 35.5. The molecule has 2 rings (SSSR count). The summed E-state index contributed by atoms with van der Waals surface area (Å²) in [5.41, 5.74) is 8.22. The highest BCUT2D eigenvalue weighted by Gasteiger charge is 2.16. The van der Waals surface area contributed by atoms with Gasteiger partial charge in [-0.25, -0.2) is 4.39 Å². The number of para-hydroxylation sites is 1. The van der Waals surface area contributed by atoms with Crippen LogP contribution in [0.3, 0.4) is 0 Å². The first-order valence-corrected chi connectivity index (χ1v) is 6.76. The van der Waals surface area contributed by atoms with Crippen molar-refractivity contribution in [3.63, 3.8) is 0 Å². The van der Waals surface area contributed by atoms with E-state index in [0.717, 1.165) is 11.1 Å². The second-order valence-corrected chi connectivity index (χ2v) is 5.35. The summed E-state index contributed by atoms with van der Waals surface area (Å²) >= 11 is 5.99. The minimum atomic E-state index is -0.423. The third-order valence-corrected chi connectivity index (χ3v) is 3.34. The van der Waals surface area contributed by atoms with E-state index in [-0.39, 0.29) is 11.8 Å². The largest absolute Gasteiger partial charge is 0.453 e. The van der Waals surface area contributed by atoms with Crippen LogP contribution in [-0.4, -0.2) is 0 Å². The van der Waals surface area contributed by atoms with E-state index in [4.69, 9.17) is 22.1 Å². The molecule has 0 radical (unpaired) electrons. The van der Waals surface area contributed by atoms with Gasteiger partial charge in [-0.1, -0.05) is 23.7 Å². The molecule has 0 unspecified atom stereocenters. The summed E-state index contributed by atoms with van der Waals surface area (Å²) in [5.74, 6) is 0.367. The fourth-order valence-corrected chi connectivity index (χ4v) is 2.48. The number of rotatable bonds is 3. The summed E-state index contributed by atoms with van der Waals surface area (Å²) in [5, 5.41) is 0.633. The number of hydrogen-bond donors (Lipinski definition) is 1. The molecule has 2 N–H and O–H groups in total. The molecule has 106 valence electrons. The number of nitrogens with two attached hydrogens (primary N) is 1. The number of aryl methyl sites for hydroxylation is 2. The molecule has 0 amide bonds. The molecule has 0 spiro atoms. The topological polar surface area (TPSA) is 35.2 Å². The van der Waals surface area contributed by atoms with Gasteiger partial charge in [0.05, 0.1) is 0 Å². The highest BCUT2D eigenvalue weighted by Crippen LogP contribution is 2.36. The molecular weight excluding hydrogens is 277 g/mol. The van der Waals surface area contributed by atoms with E-state index < -0.39 is 5.82 Å². The number of benzene rings is 2. The molecule has 0 saturated heterocycles. The molecule has 1 atom stereocenters. The summed E-state index contributed by atoms with van der Waals surface area (Å²) in [6.07, 6.45) is 0. The molecule has 0 aliphatic rings. The van der Waals surface area contributed by atoms with Gasteiger partial charge in [0, 0.05) is 16.6 Å². The molecule has 4 heteroatoms. The van der Waals surface area contributed by atoms with E-state index in [1.165, 1.54) is 6.07 Å². The maximum absolute atomic E-state index is 14.0.